The maximum Gasteiger partial charge on any atom is 0.498 e. The summed E-state index contributed by atoms with van der Waals surface area (Å²) in [4.78, 5) is 0. The van der Waals surface area contributed by atoms with Gasteiger partial charge in [-0.05, 0) is 57.7 Å². The minimum absolute atomic E-state index is 0.323. The summed E-state index contributed by atoms with van der Waals surface area (Å²) in [6.07, 6.45) is 0.783. The van der Waals surface area contributed by atoms with Crippen molar-refractivity contribution >= 4 is 12.6 Å². The number of aliphatic hydroxyl groups excluding tert-OH is 1. The fraction of sp³-hybridized carbons (Fsp3) is 0.600. The monoisotopic (exact) mass is 278 g/mol. The highest BCUT2D eigenvalue weighted by molar-refractivity contribution is 6.62. The highest BCUT2D eigenvalue weighted by Gasteiger charge is 2.53. The third kappa shape index (κ3) is 1.91. The molecule has 1 fully saturated rings. The average Bonchev–Trinajstić information content (AvgIpc) is 2.78. The van der Waals surface area contributed by atoms with Crippen LogP contribution in [-0.2, 0) is 15.7 Å². The molecule has 0 amide bonds. The molecule has 0 bridgehead atoms. The molecule has 0 radical (unpaired) electrons. The number of aliphatic hydroxyl groups is 1. The van der Waals surface area contributed by atoms with E-state index in [1.807, 2.05) is 27.7 Å². The Hall–Kier alpha value is -0.905. The van der Waals surface area contributed by atoms with Crippen LogP contribution in [0.4, 0.5) is 4.39 Å². The van der Waals surface area contributed by atoms with Crippen molar-refractivity contribution in [3.05, 3.63) is 29.1 Å². The lowest BCUT2D eigenvalue weighted by molar-refractivity contribution is 0.00578. The predicted octanol–water partition coefficient (Wildman–Crippen LogP) is 2.10. The number of rotatable bonds is 1. The second-order valence-electron chi connectivity index (χ2n) is 6.67. The summed E-state index contributed by atoms with van der Waals surface area (Å²) < 4.78 is 26.2. The molecule has 20 heavy (non-hydrogen) atoms. The summed E-state index contributed by atoms with van der Waals surface area (Å²) in [5.41, 5.74) is 1.11. The average molecular weight is 278 g/mol. The summed E-state index contributed by atoms with van der Waals surface area (Å²) in [5, 5.41) is 9.94. The predicted molar refractivity (Wildman–Crippen MR) is 75.4 cm³/mol. The molecule has 1 aromatic carbocycles. The van der Waals surface area contributed by atoms with E-state index in [9.17, 15) is 9.50 Å². The van der Waals surface area contributed by atoms with Gasteiger partial charge in [-0.3, -0.25) is 0 Å². The third-order valence-electron chi connectivity index (χ3n) is 4.86. The molecule has 3 rings (SSSR count). The molecule has 0 spiro atoms. The fourth-order valence-electron chi connectivity index (χ4n) is 2.90. The first-order chi connectivity index (χ1) is 9.23. The number of halogens is 1. The molecule has 5 heteroatoms. The minimum Gasteiger partial charge on any atom is -0.399 e. The van der Waals surface area contributed by atoms with E-state index >= 15 is 0 Å². The molecule has 1 aliphatic carbocycles. The van der Waals surface area contributed by atoms with Crippen molar-refractivity contribution in [1.82, 2.24) is 0 Å². The lowest BCUT2D eigenvalue weighted by atomic mass is 9.74. The van der Waals surface area contributed by atoms with Gasteiger partial charge in [-0.2, -0.15) is 0 Å². The SMILES string of the molecule is CC1(C)OB(c2c(F)ccc3c2CCC3O)OC1(C)C. The first kappa shape index (κ1) is 14.0. The van der Waals surface area contributed by atoms with Crippen LogP contribution in [0.15, 0.2) is 12.1 Å². The molecule has 1 heterocycles. The van der Waals surface area contributed by atoms with Crippen molar-refractivity contribution < 1.29 is 18.8 Å². The van der Waals surface area contributed by atoms with Crippen molar-refractivity contribution in [2.75, 3.05) is 0 Å². The molecule has 1 aliphatic heterocycles. The van der Waals surface area contributed by atoms with Gasteiger partial charge in [0.15, 0.2) is 0 Å². The van der Waals surface area contributed by atoms with E-state index in [-0.39, 0.29) is 5.82 Å². The number of hydrogen-bond acceptors (Lipinski definition) is 3. The molecule has 1 atom stereocenters. The van der Waals surface area contributed by atoms with Gasteiger partial charge >= 0.3 is 7.12 Å². The van der Waals surface area contributed by atoms with Gasteiger partial charge in [-0.15, -0.1) is 0 Å². The van der Waals surface area contributed by atoms with E-state index in [0.717, 1.165) is 11.1 Å². The molecule has 0 saturated carbocycles. The van der Waals surface area contributed by atoms with Gasteiger partial charge in [0.25, 0.3) is 0 Å². The zero-order valence-electron chi connectivity index (χ0n) is 12.4. The van der Waals surface area contributed by atoms with Gasteiger partial charge in [-0.25, -0.2) is 4.39 Å². The second kappa shape index (κ2) is 4.29. The largest absolute Gasteiger partial charge is 0.498 e. The summed E-state index contributed by atoms with van der Waals surface area (Å²) in [7, 11) is -0.708. The molecular formula is C15H20BFO3. The standard InChI is InChI=1S/C15H20BFO3/c1-14(2)15(3,4)20-16(19-14)13-10-6-8-12(18)9(10)5-7-11(13)17/h5,7,12,18H,6,8H2,1-4H3. The Morgan fingerprint density at radius 1 is 1.20 bits per heavy atom. The molecular weight excluding hydrogens is 258 g/mol. The number of hydrogen-bond donors (Lipinski definition) is 1. The van der Waals surface area contributed by atoms with Crippen molar-refractivity contribution in [2.24, 2.45) is 0 Å². The smallest absolute Gasteiger partial charge is 0.399 e. The molecule has 108 valence electrons. The molecule has 1 aromatic rings. The van der Waals surface area contributed by atoms with E-state index in [2.05, 4.69) is 0 Å². The Morgan fingerprint density at radius 3 is 2.40 bits per heavy atom. The number of benzene rings is 1. The van der Waals surface area contributed by atoms with Crippen molar-refractivity contribution in [3.63, 3.8) is 0 Å². The third-order valence-corrected chi connectivity index (χ3v) is 4.86. The fourth-order valence-corrected chi connectivity index (χ4v) is 2.90. The molecule has 1 saturated heterocycles. The second-order valence-corrected chi connectivity index (χ2v) is 6.67. The maximum absolute atomic E-state index is 14.3. The van der Waals surface area contributed by atoms with Crippen molar-refractivity contribution in [3.8, 4) is 0 Å². The lowest BCUT2D eigenvalue weighted by Crippen LogP contribution is -2.41. The topological polar surface area (TPSA) is 38.7 Å². The molecule has 1 unspecified atom stereocenters. The minimum atomic E-state index is -0.708. The van der Waals surface area contributed by atoms with Crippen LogP contribution in [-0.4, -0.2) is 23.4 Å². The first-order valence-corrected chi connectivity index (χ1v) is 7.08. The summed E-state index contributed by atoms with van der Waals surface area (Å²) >= 11 is 0. The number of fused-ring (bicyclic) bond motifs is 1. The van der Waals surface area contributed by atoms with E-state index in [1.165, 1.54) is 6.07 Å². The highest BCUT2D eigenvalue weighted by Crippen LogP contribution is 2.38. The Balaban J connectivity index is 2.05. The van der Waals surface area contributed by atoms with Gasteiger partial charge in [-0.1, -0.05) is 6.07 Å². The molecule has 1 N–H and O–H groups in total. The van der Waals surface area contributed by atoms with Gasteiger partial charge < -0.3 is 14.4 Å². The van der Waals surface area contributed by atoms with Crippen LogP contribution in [0.3, 0.4) is 0 Å². The Morgan fingerprint density at radius 2 is 1.80 bits per heavy atom. The van der Waals surface area contributed by atoms with Crippen LogP contribution >= 0.6 is 0 Å². The Bertz CT molecular complexity index is 540. The van der Waals surface area contributed by atoms with Gasteiger partial charge in [0.2, 0.25) is 0 Å². The zero-order valence-corrected chi connectivity index (χ0v) is 12.4. The van der Waals surface area contributed by atoms with Gasteiger partial charge in [0.05, 0.1) is 17.3 Å². The molecule has 2 aliphatic rings. The lowest BCUT2D eigenvalue weighted by Gasteiger charge is -2.32. The van der Waals surface area contributed by atoms with Gasteiger partial charge in [0, 0.05) is 5.46 Å². The van der Waals surface area contributed by atoms with Gasteiger partial charge in [0.1, 0.15) is 5.82 Å². The molecule has 3 nitrogen and oxygen atoms in total. The highest BCUT2D eigenvalue weighted by atomic mass is 19.1. The van der Waals surface area contributed by atoms with Crippen LogP contribution in [0.2, 0.25) is 0 Å². The van der Waals surface area contributed by atoms with E-state index in [4.69, 9.17) is 9.31 Å². The van der Waals surface area contributed by atoms with Crippen molar-refractivity contribution in [1.29, 1.82) is 0 Å². The van der Waals surface area contributed by atoms with Crippen LogP contribution in [0, 0.1) is 5.82 Å². The van der Waals surface area contributed by atoms with E-state index < -0.39 is 24.4 Å². The quantitative estimate of drug-likeness (QED) is 0.800. The normalized spacial score (nSPS) is 26.9. The first-order valence-electron chi connectivity index (χ1n) is 7.08. The van der Waals surface area contributed by atoms with E-state index in [1.54, 1.807) is 6.07 Å². The van der Waals surface area contributed by atoms with Crippen LogP contribution in [0.1, 0.15) is 51.3 Å². The zero-order chi connectivity index (χ0) is 14.7. The van der Waals surface area contributed by atoms with Crippen LogP contribution in [0.25, 0.3) is 0 Å². The Labute approximate surface area is 119 Å². The maximum atomic E-state index is 14.3. The summed E-state index contributed by atoms with van der Waals surface area (Å²) in [6.45, 7) is 7.79. The Kier molecular flexibility index (Phi) is 3.02. The molecule has 0 aromatic heterocycles. The van der Waals surface area contributed by atoms with Crippen LogP contribution in [0.5, 0.6) is 0 Å². The summed E-state index contributed by atoms with van der Waals surface area (Å²) in [5.74, 6) is -0.323. The summed E-state index contributed by atoms with van der Waals surface area (Å²) in [6, 6.07) is 3.06. The van der Waals surface area contributed by atoms with E-state index in [0.29, 0.717) is 18.3 Å². The van der Waals surface area contributed by atoms with Crippen molar-refractivity contribution in [2.45, 2.75) is 57.8 Å². The van der Waals surface area contributed by atoms with Crippen LogP contribution < -0.4 is 5.46 Å².